The molecule has 0 aliphatic carbocycles. The molecule has 1 aromatic carbocycles. The Hall–Kier alpha value is -1.39. The van der Waals surface area contributed by atoms with Gasteiger partial charge in [-0.15, -0.1) is 0 Å². The van der Waals surface area contributed by atoms with Crippen molar-refractivity contribution >= 4 is 11.6 Å². The minimum atomic E-state index is -0.0308. The molecule has 0 bridgehead atoms. The van der Waals surface area contributed by atoms with Crippen LogP contribution in [0, 0.1) is 0 Å². The van der Waals surface area contributed by atoms with E-state index in [1.807, 2.05) is 12.1 Å². The smallest absolute Gasteiger partial charge is 0.221 e. The number of rotatable bonds is 6. The highest BCUT2D eigenvalue weighted by atomic mass is 16.1. The molecule has 110 valence electrons. The maximum atomic E-state index is 10.9. The van der Waals surface area contributed by atoms with Gasteiger partial charge in [0.15, 0.2) is 0 Å². The van der Waals surface area contributed by atoms with Crippen LogP contribution >= 0.6 is 0 Å². The van der Waals surface area contributed by atoms with Crippen molar-refractivity contribution < 1.29 is 4.79 Å². The van der Waals surface area contributed by atoms with Gasteiger partial charge in [-0.3, -0.25) is 9.69 Å². The second-order valence-corrected chi connectivity index (χ2v) is 5.43. The average molecular weight is 275 g/mol. The van der Waals surface area contributed by atoms with E-state index in [0.717, 1.165) is 25.3 Å². The molecule has 1 saturated heterocycles. The number of anilines is 1. The SMILES string of the molecule is CCN1CCCC1CNCc1ccc(NC(C)=O)cc1. The van der Waals surface area contributed by atoms with E-state index in [2.05, 4.69) is 34.6 Å². The van der Waals surface area contributed by atoms with Crippen LogP contribution in [-0.4, -0.2) is 36.5 Å². The van der Waals surface area contributed by atoms with Gasteiger partial charge < -0.3 is 10.6 Å². The van der Waals surface area contributed by atoms with E-state index in [-0.39, 0.29) is 5.91 Å². The predicted octanol–water partition coefficient (Wildman–Crippen LogP) is 2.22. The van der Waals surface area contributed by atoms with Crippen molar-refractivity contribution in [3.63, 3.8) is 0 Å². The zero-order chi connectivity index (χ0) is 14.4. The highest BCUT2D eigenvalue weighted by Crippen LogP contribution is 2.16. The fourth-order valence-electron chi connectivity index (χ4n) is 2.83. The normalized spacial score (nSPS) is 19.2. The Morgan fingerprint density at radius 1 is 1.35 bits per heavy atom. The lowest BCUT2D eigenvalue weighted by molar-refractivity contribution is -0.114. The molecule has 1 atom stereocenters. The molecule has 0 radical (unpaired) electrons. The number of nitrogens with zero attached hydrogens (tertiary/aromatic N) is 1. The molecule has 0 aromatic heterocycles. The predicted molar refractivity (Wildman–Crippen MR) is 82.7 cm³/mol. The molecule has 0 spiro atoms. The summed E-state index contributed by atoms with van der Waals surface area (Å²) in [6.07, 6.45) is 2.63. The van der Waals surface area contributed by atoms with Gasteiger partial charge in [-0.2, -0.15) is 0 Å². The van der Waals surface area contributed by atoms with Crippen molar-refractivity contribution in [3.05, 3.63) is 29.8 Å². The Labute approximate surface area is 121 Å². The molecule has 1 fully saturated rings. The number of nitrogens with one attached hydrogen (secondary N) is 2. The molecule has 2 rings (SSSR count). The molecular formula is C16H25N3O. The molecular weight excluding hydrogens is 250 g/mol. The number of hydrogen-bond acceptors (Lipinski definition) is 3. The third-order valence-corrected chi connectivity index (χ3v) is 3.89. The summed E-state index contributed by atoms with van der Waals surface area (Å²) in [6.45, 7) is 8.09. The first-order valence-electron chi connectivity index (χ1n) is 7.50. The average Bonchev–Trinajstić information content (AvgIpc) is 2.87. The Bertz CT molecular complexity index is 430. The first kappa shape index (κ1) is 15.0. The van der Waals surface area contributed by atoms with E-state index in [4.69, 9.17) is 0 Å². The molecule has 1 unspecified atom stereocenters. The second-order valence-electron chi connectivity index (χ2n) is 5.43. The molecule has 2 N–H and O–H groups in total. The molecule has 0 saturated carbocycles. The lowest BCUT2D eigenvalue weighted by atomic mass is 10.2. The third-order valence-electron chi connectivity index (χ3n) is 3.89. The van der Waals surface area contributed by atoms with Crippen LogP contribution in [-0.2, 0) is 11.3 Å². The Morgan fingerprint density at radius 3 is 2.75 bits per heavy atom. The molecule has 4 nitrogen and oxygen atoms in total. The first-order valence-corrected chi connectivity index (χ1v) is 7.50. The Morgan fingerprint density at radius 2 is 2.10 bits per heavy atom. The van der Waals surface area contributed by atoms with Crippen LogP contribution in [0.5, 0.6) is 0 Å². The van der Waals surface area contributed by atoms with Gasteiger partial charge in [0, 0.05) is 31.7 Å². The number of benzene rings is 1. The standard InChI is InChI=1S/C16H25N3O/c1-3-19-10-4-5-16(19)12-17-11-14-6-8-15(9-7-14)18-13(2)20/h6-9,16-17H,3-5,10-12H2,1-2H3,(H,18,20). The molecule has 1 aliphatic heterocycles. The molecule has 1 aliphatic rings. The van der Waals surface area contributed by atoms with Gasteiger partial charge in [0.05, 0.1) is 0 Å². The fourth-order valence-corrected chi connectivity index (χ4v) is 2.83. The van der Waals surface area contributed by atoms with Crippen LogP contribution in [0.1, 0.15) is 32.3 Å². The first-order chi connectivity index (χ1) is 9.69. The van der Waals surface area contributed by atoms with Crippen molar-refractivity contribution in [2.45, 2.75) is 39.3 Å². The largest absolute Gasteiger partial charge is 0.326 e. The third kappa shape index (κ3) is 4.32. The zero-order valence-electron chi connectivity index (χ0n) is 12.5. The molecule has 1 aromatic rings. The lowest BCUT2D eigenvalue weighted by Gasteiger charge is -2.23. The van der Waals surface area contributed by atoms with Crippen LogP contribution in [0.25, 0.3) is 0 Å². The van der Waals surface area contributed by atoms with Crippen LogP contribution in [0.2, 0.25) is 0 Å². The number of carbonyl (C=O) groups excluding carboxylic acids is 1. The maximum absolute atomic E-state index is 10.9. The number of likely N-dealkylation sites (tertiary alicyclic amines) is 1. The lowest BCUT2D eigenvalue weighted by Crippen LogP contribution is -2.37. The van der Waals surface area contributed by atoms with Gasteiger partial charge in [-0.25, -0.2) is 0 Å². The summed E-state index contributed by atoms with van der Waals surface area (Å²) in [7, 11) is 0. The van der Waals surface area contributed by atoms with Crippen LogP contribution in [0.15, 0.2) is 24.3 Å². The summed E-state index contributed by atoms with van der Waals surface area (Å²) in [5, 5.41) is 6.32. The van der Waals surface area contributed by atoms with Gasteiger partial charge in [0.25, 0.3) is 0 Å². The second kappa shape index (κ2) is 7.41. The zero-order valence-corrected chi connectivity index (χ0v) is 12.5. The highest BCUT2D eigenvalue weighted by Gasteiger charge is 2.21. The van der Waals surface area contributed by atoms with Gasteiger partial charge in [0.2, 0.25) is 5.91 Å². The summed E-state index contributed by atoms with van der Waals surface area (Å²) in [4.78, 5) is 13.5. The van der Waals surface area contributed by atoms with Gasteiger partial charge in [-0.05, 0) is 43.6 Å². The van der Waals surface area contributed by atoms with E-state index in [0.29, 0.717) is 6.04 Å². The van der Waals surface area contributed by atoms with E-state index >= 15 is 0 Å². The minimum absolute atomic E-state index is 0.0308. The quantitative estimate of drug-likeness (QED) is 0.836. The van der Waals surface area contributed by atoms with Crippen molar-refractivity contribution in [3.8, 4) is 0 Å². The number of hydrogen-bond donors (Lipinski definition) is 2. The van der Waals surface area contributed by atoms with Crippen molar-refractivity contribution in [2.75, 3.05) is 25.0 Å². The number of likely N-dealkylation sites (N-methyl/N-ethyl adjacent to an activating group) is 1. The number of amides is 1. The fraction of sp³-hybridized carbons (Fsp3) is 0.562. The summed E-state index contributed by atoms with van der Waals surface area (Å²) >= 11 is 0. The summed E-state index contributed by atoms with van der Waals surface area (Å²) < 4.78 is 0. The van der Waals surface area contributed by atoms with Crippen LogP contribution in [0.4, 0.5) is 5.69 Å². The molecule has 1 amide bonds. The summed E-state index contributed by atoms with van der Waals surface area (Å²) in [5.41, 5.74) is 2.11. The Kier molecular flexibility index (Phi) is 5.56. The van der Waals surface area contributed by atoms with Gasteiger partial charge in [0.1, 0.15) is 0 Å². The summed E-state index contributed by atoms with van der Waals surface area (Å²) in [6, 6.07) is 8.71. The Balaban J connectivity index is 1.75. The van der Waals surface area contributed by atoms with Crippen molar-refractivity contribution in [1.29, 1.82) is 0 Å². The summed E-state index contributed by atoms with van der Waals surface area (Å²) in [5.74, 6) is -0.0308. The topological polar surface area (TPSA) is 44.4 Å². The molecule has 20 heavy (non-hydrogen) atoms. The molecule has 4 heteroatoms. The molecule has 1 heterocycles. The van der Waals surface area contributed by atoms with E-state index in [1.165, 1.54) is 31.9 Å². The van der Waals surface area contributed by atoms with Gasteiger partial charge >= 0.3 is 0 Å². The van der Waals surface area contributed by atoms with E-state index < -0.39 is 0 Å². The monoisotopic (exact) mass is 275 g/mol. The maximum Gasteiger partial charge on any atom is 0.221 e. The van der Waals surface area contributed by atoms with Crippen LogP contribution < -0.4 is 10.6 Å². The van der Waals surface area contributed by atoms with Crippen molar-refractivity contribution in [1.82, 2.24) is 10.2 Å². The van der Waals surface area contributed by atoms with Crippen molar-refractivity contribution in [2.24, 2.45) is 0 Å². The van der Waals surface area contributed by atoms with Crippen LogP contribution in [0.3, 0.4) is 0 Å². The van der Waals surface area contributed by atoms with E-state index in [9.17, 15) is 4.79 Å². The highest BCUT2D eigenvalue weighted by molar-refractivity contribution is 5.88. The number of carbonyl (C=O) groups is 1. The minimum Gasteiger partial charge on any atom is -0.326 e. The van der Waals surface area contributed by atoms with Gasteiger partial charge in [-0.1, -0.05) is 19.1 Å². The van der Waals surface area contributed by atoms with E-state index in [1.54, 1.807) is 0 Å².